The highest BCUT2D eigenvalue weighted by Gasteiger charge is 2.22. The van der Waals surface area contributed by atoms with Crippen LogP contribution in [0.15, 0.2) is 0 Å². The summed E-state index contributed by atoms with van der Waals surface area (Å²) in [7, 11) is 1.89. The molecule has 1 aromatic rings. The van der Waals surface area contributed by atoms with Gasteiger partial charge in [-0.2, -0.15) is 5.10 Å². The fourth-order valence-corrected chi connectivity index (χ4v) is 2.29. The second kappa shape index (κ2) is 5.87. The lowest BCUT2D eigenvalue weighted by Gasteiger charge is -2.24. The Balaban J connectivity index is 2.68. The molecule has 0 radical (unpaired) electrons. The maximum Gasteiger partial charge on any atom is 0.130 e. The molecule has 0 spiro atoms. The molecule has 0 fully saturated rings. The molecular formula is C13H24ClN3. The number of nitrogens with zero attached hydrogens (tertiary/aromatic N) is 2. The number of nitrogens with one attached hydrogen (secondary N) is 1. The summed E-state index contributed by atoms with van der Waals surface area (Å²) < 4.78 is 1.76. The quantitative estimate of drug-likeness (QED) is 0.794. The van der Waals surface area contributed by atoms with Gasteiger partial charge in [0.05, 0.1) is 5.69 Å². The predicted octanol–water partition coefficient (Wildman–Crippen LogP) is 2.95. The zero-order valence-corrected chi connectivity index (χ0v) is 12.4. The highest BCUT2D eigenvalue weighted by Crippen LogP contribution is 2.30. The van der Waals surface area contributed by atoms with Gasteiger partial charge in [0.1, 0.15) is 5.15 Å². The molecule has 3 nitrogen and oxygen atoms in total. The van der Waals surface area contributed by atoms with Gasteiger partial charge in [-0.3, -0.25) is 4.68 Å². The Morgan fingerprint density at radius 2 is 2.06 bits per heavy atom. The van der Waals surface area contributed by atoms with Crippen molar-refractivity contribution in [2.45, 2.75) is 40.5 Å². The lowest BCUT2D eigenvalue weighted by molar-refractivity contribution is 0.326. The largest absolute Gasteiger partial charge is 0.317 e. The van der Waals surface area contributed by atoms with Gasteiger partial charge >= 0.3 is 0 Å². The fraction of sp³-hybridized carbons (Fsp3) is 0.769. The van der Waals surface area contributed by atoms with E-state index in [1.165, 1.54) is 5.56 Å². The van der Waals surface area contributed by atoms with Crippen molar-refractivity contribution in [3.63, 3.8) is 0 Å². The van der Waals surface area contributed by atoms with E-state index >= 15 is 0 Å². The summed E-state index contributed by atoms with van der Waals surface area (Å²) in [6.07, 6.45) is 2.13. The third kappa shape index (κ3) is 4.00. The van der Waals surface area contributed by atoms with Crippen molar-refractivity contribution in [1.82, 2.24) is 15.1 Å². The van der Waals surface area contributed by atoms with Crippen LogP contribution in [0.1, 0.15) is 38.4 Å². The number of aromatic nitrogens is 2. The topological polar surface area (TPSA) is 29.9 Å². The number of rotatable bonds is 6. The van der Waals surface area contributed by atoms with E-state index in [0.29, 0.717) is 0 Å². The Kier molecular flexibility index (Phi) is 5.02. The van der Waals surface area contributed by atoms with E-state index in [4.69, 9.17) is 11.6 Å². The van der Waals surface area contributed by atoms with Gasteiger partial charge in [0.25, 0.3) is 0 Å². The van der Waals surface area contributed by atoms with Gasteiger partial charge in [-0.25, -0.2) is 0 Å². The van der Waals surface area contributed by atoms with Crippen molar-refractivity contribution in [3.8, 4) is 0 Å². The van der Waals surface area contributed by atoms with E-state index in [1.54, 1.807) is 4.68 Å². The van der Waals surface area contributed by atoms with Crippen LogP contribution in [-0.4, -0.2) is 22.9 Å². The highest BCUT2D eigenvalue weighted by atomic mass is 35.5. The minimum atomic E-state index is 0.250. The van der Waals surface area contributed by atoms with Crippen LogP contribution in [0.3, 0.4) is 0 Å². The fourth-order valence-electron chi connectivity index (χ4n) is 2.05. The Morgan fingerprint density at radius 3 is 2.53 bits per heavy atom. The van der Waals surface area contributed by atoms with Gasteiger partial charge in [0.2, 0.25) is 0 Å². The summed E-state index contributed by atoms with van der Waals surface area (Å²) in [6.45, 7) is 10.8. The Labute approximate surface area is 110 Å². The molecule has 98 valence electrons. The zero-order chi connectivity index (χ0) is 13.1. The molecule has 0 aliphatic heterocycles. The van der Waals surface area contributed by atoms with E-state index in [1.807, 2.05) is 14.0 Å². The van der Waals surface area contributed by atoms with Crippen LogP contribution in [0.5, 0.6) is 0 Å². The summed E-state index contributed by atoms with van der Waals surface area (Å²) in [6, 6.07) is 0. The van der Waals surface area contributed by atoms with Crippen LogP contribution in [0.25, 0.3) is 0 Å². The van der Waals surface area contributed by atoms with E-state index in [-0.39, 0.29) is 5.41 Å². The Hall–Kier alpha value is -0.540. The first-order valence-corrected chi connectivity index (χ1v) is 6.64. The number of hydrogen-bond acceptors (Lipinski definition) is 2. The van der Waals surface area contributed by atoms with Crippen molar-refractivity contribution in [3.05, 3.63) is 16.4 Å². The molecule has 0 aliphatic carbocycles. The molecule has 0 aromatic carbocycles. The number of hydrogen-bond donors (Lipinski definition) is 1. The molecular weight excluding hydrogens is 234 g/mol. The van der Waals surface area contributed by atoms with E-state index in [9.17, 15) is 0 Å². The first kappa shape index (κ1) is 14.5. The monoisotopic (exact) mass is 257 g/mol. The van der Waals surface area contributed by atoms with Gasteiger partial charge in [0, 0.05) is 12.6 Å². The summed E-state index contributed by atoms with van der Waals surface area (Å²) in [5.74, 6) is 0. The molecule has 0 unspecified atom stereocenters. The summed E-state index contributed by atoms with van der Waals surface area (Å²) in [5.41, 5.74) is 2.49. The second-order valence-electron chi connectivity index (χ2n) is 5.42. The van der Waals surface area contributed by atoms with Crippen molar-refractivity contribution in [2.75, 3.05) is 13.1 Å². The lowest BCUT2D eigenvalue weighted by atomic mass is 9.83. The van der Waals surface area contributed by atoms with E-state index in [0.717, 1.165) is 36.8 Å². The van der Waals surface area contributed by atoms with Crippen LogP contribution in [-0.2, 0) is 13.5 Å². The molecule has 17 heavy (non-hydrogen) atoms. The molecule has 0 saturated heterocycles. The number of aryl methyl sites for hydroxylation is 2. The van der Waals surface area contributed by atoms with Gasteiger partial charge in [-0.1, -0.05) is 32.4 Å². The third-order valence-electron chi connectivity index (χ3n) is 3.15. The molecule has 1 N–H and O–H groups in total. The molecule has 0 aliphatic rings. The summed E-state index contributed by atoms with van der Waals surface area (Å²) in [5, 5.41) is 8.51. The van der Waals surface area contributed by atoms with Crippen molar-refractivity contribution >= 4 is 11.6 Å². The molecule has 4 heteroatoms. The normalized spacial score (nSPS) is 12.1. The zero-order valence-electron chi connectivity index (χ0n) is 11.6. The minimum Gasteiger partial charge on any atom is -0.317 e. The molecule has 1 rings (SSSR count). The van der Waals surface area contributed by atoms with Gasteiger partial charge < -0.3 is 5.32 Å². The van der Waals surface area contributed by atoms with Gasteiger partial charge in [-0.15, -0.1) is 0 Å². The SMILES string of the molecule is CCNCCC(C)(C)Cc1c(C)nn(C)c1Cl. The molecule has 1 aromatic heterocycles. The molecule has 0 bridgehead atoms. The van der Waals surface area contributed by atoms with Crippen LogP contribution in [0, 0.1) is 12.3 Å². The van der Waals surface area contributed by atoms with Gasteiger partial charge in [-0.05, 0) is 38.3 Å². The lowest BCUT2D eigenvalue weighted by Crippen LogP contribution is -2.24. The average molecular weight is 258 g/mol. The van der Waals surface area contributed by atoms with Crippen LogP contribution < -0.4 is 5.32 Å². The average Bonchev–Trinajstić information content (AvgIpc) is 2.45. The van der Waals surface area contributed by atoms with Gasteiger partial charge in [0.15, 0.2) is 0 Å². The minimum absolute atomic E-state index is 0.250. The first-order valence-electron chi connectivity index (χ1n) is 6.26. The van der Waals surface area contributed by atoms with Crippen molar-refractivity contribution < 1.29 is 0 Å². The highest BCUT2D eigenvalue weighted by molar-refractivity contribution is 6.30. The van der Waals surface area contributed by atoms with Crippen LogP contribution in [0.4, 0.5) is 0 Å². The standard InChI is InChI=1S/C13H24ClN3/c1-6-15-8-7-13(3,4)9-11-10(2)16-17(5)12(11)14/h15H,6-9H2,1-5H3. The maximum absolute atomic E-state index is 6.27. The molecule has 0 atom stereocenters. The summed E-state index contributed by atoms with van der Waals surface area (Å²) >= 11 is 6.27. The summed E-state index contributed by atoms with van der Waals surface area (Å²) in [4.78, 5) is 0. The smallest absolute Gasteiger partial charge is 0.130 e. The van der Waals surface area contributed by atoms with Crippen LogP contribution >= 0.6 is 11.6 Å². The van der Waals surface area contributed by atoms with Crippen LogP contribution in [0.2, 0.25) is 5.15 Å². The predicted molar refractivity (Wildman–Crippen MR) is 73.6 cm³/mol. The number of halogens is 1. The Morgan fingerprint density at radius 1 is 1.41 bits per heavy atom. The molecule has 0 amide bonds. The second-order valence-corrected chi connectivity index (χ2v) is 5.78. The first-order chi connectivity index (χ1) is 7.87. The van der Waals surface area contributed by atoms with Crippen molar-refractivity contribution in [2.24, 2.45) is 12.5 Å². The molecule has 1 heterocycles. The maximum atomic E-state index is 6.27. The van der Waals surface area contributed by atoms with E-state index < -0.39 is 0 Å². The van der Waals surface area contributed by atoms with Crippen molar-refractivity contribution in [1.29, 1.82) is 0 Å². The molecule has 0 saturated carbocycles. The Bertz CT molecular complexity index is 369. The third-order valence-corrected chi connectivity index (χ3v) is 3.63. The van der Waals surface area contributed by atoms with E-state index in [2.05, 4.69) is 31.2 Å².